The van der Waals surface area contributed by atoms with E-state index in [9.17, 15) is 9.18 Å². The van der Waals surface area contributed by atoms with E-state index in [-0.39, 0.29) is 48.1 Å². The van der Waals surface area contributed by atoms with Crippen LogP contribution in [0.25, 0.3) is 11.4 Å². The van der Waals surface area contributed by atoms with Gasteiger partial charge >= 0.3 is 0 Å². The first-order valence-electron chi connectivity index (χ1n) is 7.29. The highest BCUT2D eigenvalue weighted by Gasteiger charge is 2.17. The van der Waals surface area contributed by atoms with Crippen molar-refractivity contribution in [1.82, 2.24) is 15.2 Å². The Bertz CT molecular complexity index is 988. The number of nitrogens with zero attached hydrogens (tertiary/aromatic N) is 2. The number of hydrogen-bond acceptors (Lipinski definition) is 4. The normalized spacial score (nSPS) is 10.9. The minimum absolute atomic E-state index is 0.0364. The summed E-state index contributed by atoms with van der Waals surface area (Å²) in [5.41, 5.74) is 0.414. The van der Waals surface area contributed by atoms with E-state index < -0.39 is 11.7 Å². The molecule has 0 fully saturated rings. The fourth-order valence-electron chi connectivity index (χ4n) is 2.07. The lowest BCUT2D eigenvalue weighted by atomic mass is 10.2. The molecule has 5 nitrogen and oxygen atoms in total. The lowest BCUT2D eigenvalue weighted by Crippen LogP contribution is -2.15. The van der Waals surface area contributed by atoms with Crippen LogP contribution < -0.4 is 5.32 Å². The van der Waals surface area contributed by atoms with Crippen molar-refractivity contribution in [2.24, 2.45) is 0 Å². The van der Waals surface area contributed by atoms with Crippen molar-refractivity contribution in [3.63, 3.8) is 0 Å². The SMILES string of the molecule is O=C(CSc1n[nH]c(-c2ccccc2F)n1)Nc1c(Cl)c(Cl)cc(Cl)c1Cl. The van der Waals surface area contributed by atoms with Gasteiger partial charge in [0.25, 0.3) is 0 Å². The summed E-state index contributed by atoms with van der Waals surface area (Å²) < 4.78 is 13.8. The zero-order valence-electron chi connectivity index (χ0n) is 13.2. The third-order valence-corrected chi connectivity index (χ3v) is 5.72. The highest BCUT2D eigenvalue weighted by Crippen LogP contribution is 2.41. The Morgan fingerprint density at radius 2 is 1.81 bits per heavy atom. The Balaban J connectivity index is 1.67. The first-order valence-corrected chi connectivity index (χ1v) is 9.79. The predicted octanol–water partition coefficient (Wildman–Crippen LogP) is 5.96. The van der Waals surface area contributed by atoms with Gasteiger partial charge in [0.2, 0.25) is 11.1 Å². The Morgan fingerprint density at radius 3 is 2.48 bits per heavy atom. The summed E-state index contributed by atoms with van der Waals surface area (Å²) in [4.78, 5) is 16.3. The lowest BCUT2D eigenvalue weighted by molar-refractivity contribution is -0.113. The summed E-state index contributed by atoms with van der Waals surface area (Å²) in [6.45, 7) is 0. The molecule has 0 unspecified atom stereocenters. The van der Waals surface area contributed by atoms with E-state index in [2.05, 4.69) is 20.5 Å². The highest BCUT2D eigenvalue weighted by atomic mass is 35.5. The number of aromatic nitrogens is 3. The number of rotatable bonds is 5. The Morgan fingerprint density at radius 1 is 1.15 bits per heavy atom. The second-order valence-corrected chi connectivity index (χ2v) is 7.64. The van der Waals surface area contributed by atoms with Crippen LogP contribution in [0.3, 0.4) is 0 Å². The molecule has 11 heteroatoms. The standard InChI is InChI=1S/C16H9Cl4FN4OS/c17-8-5-9(18)13(20)14(12(8)19)22-11(26)6-27-16-23-15(24-25-16)7-3-1-2-4-10(7)21/h1-5H,6H2,(H,22,26)(H,23,24,25). The Kier molecular flexibility index (Phi) is 6.49. The molecule has 0 atom stereocenters. The van der Waals surface area contributed by atoms with Crippen molar-refractivity contribution in [3.05, 3.63) is 56.2 Å². The van der Waals surface area contributed by atoms with Crippen molar-refractivity contribution in [1.29, 1.82) is 0 Å². The molecule has 0 bridgehead atoms. The van der Waals surface area contributed by atoms with Gasteiger partial charge in [0.1, 0.15) is 5.82 Å². The monoisotopic (exact) mass is 464 g/mol. The van der Waals surface area contributed by atoms with Crippen molar-refractivity contribution >= 4 is 69.8 Å². The van der Waals surface area contributed by atoms with E-state index in [0.717, 1.165) is 11.8 Å². The van der Waals surface area contributed by atoms with Gasteiger partial charge in [0.05, 0.1) is 37.1 Å². The average molecular weight is 466 g/mol. The lowest BCUT2D eigenvalue weighted by Gasteiger charge is -2.11. The van der Waals surface area contributed by atoms with Crippen LogP contribution in [-0.2, 0) is 4.79 Å². The largest absolute Gasteiger partial charge is 0.323 e. The van der Waals surface area contributed by atoms with E-state index in [0.29, 0.717) is 0 Å². The summed E-state index contributed by atoms with van der Waals surface area (Å²) >= 11 is 25.0. The van der Waals surface area contributed by atoms with Crippen LogP contribution in [0.1, 0.15) is 0 Å². The molecule has 3 aromatic rings. The van der Waals surface area contributed by atoms with Crippen LogP contribution in [0.4, 0.5) is 10.1 Å². The van der Waals surface area contributed by atoms with Crippen LogP contribution in [0.2, 0.25) is 20.1 Å². The average Bonchev–Trinajstić information content (AvgIpc) is 3.11. The number of H-pyrrole nitrogens is 1. The van der Waals surface area contributed by atoms with Crippen LogP contribution in [0.5, 0.6) is 0 Å². The third kappa shape index (κ3) is 4.67. The highest BCUT2D eigenvalue weighted by molar-refractivity contribution is 7.99. The molecule has 27 heavy (non-hydrogen) atoms. The molecule has 1 heterocycles. The maximum absolute atomic E-state index is 13.8. The molecule has 0 saturated carbocycles. The molecular formula is C16H9Cl4FN4OS. The van der Waals surface area contributed by atoms with E-state index >= 15 is 0 Å². The molecule has 140 valence electrons. The number of aromatic amines is 1. The number of halogens is 5. The molecule has 0 aliphatic rings. The zero-order valence-corrected chi connectivity index (χ0v) is 17.0. The fraction of sp³-hybridized carbons (Fsp3) is 0.0625. The van der Waals surface area contributed by atoms with Gasteiger partial charge in [0.15, 0.2) is 5.82 Å². The van der Waals surface area contributed by atoms with E-state index in [1.807, 2.05) is 0 Å². The van der Waals surface area contributed by atoms with Crippen LogP contribution in [0.15, 0.2) is 35.5 Å². The van der Waals surface area contributed by atoms with Gasteiger partial charge in [0, 0.05) is 0 Å². The number of hydrogen-bond donors (Lipinski definition) is 2. The molecule has 0 aliphatic carbocycles. The van der Waals surface area contributed by atoms with Gasteiger partial charge in [-0.2, -0.15) is 0 Å². The number of benzene rings is 2. The van der Waals surface area contributed by atoms with Crippen molar-refractivity contribution in [2.75, 3.05) is 11.1 Å². The molecule has 1 amide bonds. The number of thioether (sulfide) groups is 1. The number of carbonyl (C=O) groups is 1. The maximum Gasteiger partial charge on any atom is 0.234 e. The predicted molar refractivity (Wildman–Crippen MR) is 108 cm³/mol. The van der Waals surface area contributed by atoms with Crippen molar-refractivity contribution in [2.45, 2.75) is 5.16 Å². The smallest absolute Gasteiger partial charge is 0.234 e. The number of carbonyl (C=O) groups excluding carboxylic acids is 1. The van der Waals surface area contributed by atoms with Crippen molar-refractivity contribution in [3.8, 4) is 11.4 Å². The number of anilines is 1. The molecule has 2 aromatic carbocycles. The number of amides is 1. The number of nitrogens with one attached hydrogen (secondary N) is 2. The van der Waals surface area contributed by atoms with Crippen LogP contribution in [0, 0.1) is 5.82 Å². The minimum atomic E-state index is -0.426. The van der Waals surface area contributed by atoms with Gasteiger partial charge in [-0.25, -0.2) is 9.37 Å². The van der Waals surface area contributed by atoms with E-state index in [1.54, 1.807) is 18.2 Å². The fourth-order valence-corrected chi connectivity index (χ4v) is 3.58. The van der Waals surface area contributed by atoms with E-state index in [1.165, 1.54) is 12.1 Å². The summed E-state index contributed by atoms with van der Waals surface area (Å²) in [7, 11) is 0. The van der Waals surface area contributed by atoms with Gasteiger partial charge in [-0.15, -0.1) is 5.10 Å². The Hall–Kier alpha value is -1.51. The zero-order chi connectivity index (χ0) is 19.6. The molecule has 0 spiro atoms. The molecule has 3 rings (SSSR count). The topological polar surface area (TPSA) is 70.7 Å². The van der Waals surface area contributed by atoms with Gasteiger partial charge in [-0.1, -0.05) is 70.3 Å². The summed E-state index contributed by atoms with van der Waals surface area (Å²) in [6.07, 6.45) is 0. The molecule has 2 N–H and O–H groups in total. The van der Waals surface area contributed by atoms with Crippen LogP contribution in [-0.4, -0.2) is 26.8 Å². The maximum atomic E-state index is 13.8. The second kappa shape index (κ2) is 8.67. The van der Waals surface area contributed by atoms with Crippen molar-refractivity contribution < 1.29 is 9.18 Å². The van der Waals surface area contributed by atoms with Gasteiger partial charge in [-0.05, 0) is 18.2 Å². The quantitative estimate of drug-likeness (QED) is 0.360. The molecular weight excluding hydrogens is 457 g/mol. The minimum Gasteiger partial charge on any atom is -0.323 e. The molecule has 0 saturated heterocycles. The van der Waals surface area contributed by atoms with Gasteiger partial charge < -0.3 is 5.32 Å². The van der Waals surface area contributed by atoms with E-state index in [4.69, 9.17) is 46.4 Å². The molecule has 1 aromatic heterocycles. The summed E-state index contributed by atoms with van der Waals surface area (Å²) in [5, 5.41) is 9.95. The first-order chi connectivity index (χ1) is 12.9. The summed E-state index contributed by atoms with van der Waals surface area (Å²) in [5.74, 6) is -0.612. The molecule has 0 aliphatic heterocycles. The third-order valence-electron chi connectivity index (χ3n) is 3.30. The second-order valence-electron chi connectivity index (χ2n) is 5.13. The molecule has 0 radical (unpaired) electrons. The van der Waals surface area contributed by atoms with Crippen LogP contribution >= 0.6 is 58.2 Å². The summed E-state index contributed by atoms with van der Waals surface area (Å²) in [6, 6.07) is 7.54. The van der Waals surface area contributed by atoms with Gasteiger partial charge in [-0.3, -0.25) is 9.89 Å². The Labute approximate surface area is 177 Å². The first kappa shape index (κ1) is 20.2.